The Morgan fingerprint density at radius 3 is 2.12 bits per heavy atom. The van der Waals surface area contributed by atoms with E-state index in [9.17, 15) is 18.0 Å². The average molecular weight is 395 g/mol. The van der Waals surface area contributed by atoms with Crippen molar-refractivity contribution in [3.8, 4) is 0 Å². The Hall–Kier alpha value is -2.19. The molecule has 8 heteroatoms. The number of carbonyl (C=O) groups excluding carboxylic acids is 2. The summed E-state index contributed by atoms with van der Waals surface area (Å²) in [7, 11) is -3.69. The number of sulfone groups is 1. The van der Waals surface area contributed by atoms with Crippen LogP contribution in [0.2, 0.25) is 0 Å². The fraction of sp³-hybridized carbons (Fsp3) is 0.333. The van der Waals surface area contributed by atoms with Crippen LogP contribution in [0.4, 0.5) is 0 Å². The third-order valence-corrected chi connectivity index (χ3v) is 7.18. The molecule has 0 bridgehead atoms. The Kier molecular flexibility index (Phi) is 6.93. The zero-order valence-electron chi connectivity index (χ0n) is 14.6. The van der Waals surface area contributed by atoms with Crippen molar-refractivity contribution in [3.05, 3.63) is 53.4 Å². The minimum absolute atomic E-state index is 0.182. The highest BCUT2D eigenvalue weighted by Crippen LogP contribution is 2.30. The summed E-state index contributed by atoms with van der Waals surface area (Å²) in [5.41, 5.74) is 0.559. The molecule has 1 aromatic heterocycles. The van der Waals surface area contributed by atoms with Gasteiger partial charge in [-0.25, -0.2) is 8.42 Å². The first kappa shape index (κ1) is 20.1. The van der Waals surface area contributed by atoms with Gasteiger partial charge in [0, 0.05) is 13.1 Å². The SMILES string of the molecule is CC(C)CNC(=O)C(=O)NC[C@H](c1ccccc1)S(=O)(=O)c1cccs1. The quantitative estimate of drug-likeness (QED) is 0.704. The Labute approximate surface area is 157 Å². The van der Waals surface area contributed by atoms with Crippen molar-refractivity contribution < 1.29 is 18.0 Å². The highest BCUT2D eigenvalue weighted by Gasteiger charge is 2.31. The second-order valence-electron chi connectivity index (χ2n) is 6.19. The van der Waals surface area contributed by atoms with Gasteiger partial charge in [-0.1, -0.05) is 50.2 Å². The highest BCUT2D eigenvalue weighted by molar-refractivity contribution is 7.93. The first-order valence-electron chi connectivity index (χ1n) is 8.20. The molecule has 2 N–H and O–H groups in total. The molecule has 6 nitrogen and oxygen atoms in total. The molecule has 0 aliphatic heterocycles. The van der Waals surface area contributed by atoms with Crippen molar-refractivity contribution >= 4 is 33.0 Å². The molecule has 1 aromatic carbocycles. The van der Waals surface area contributed by atoms with E-state index in [1.54, 1.807) is 41.8 Å². The van der Waals surface area contributed by atoms with E-state index in [1.807, 2.05) is 13.8 Å². The van der Waals surface area contributed by atoms with Gasteiger partial charge in [0.2, 0.25) is 0 Å². The molecule has 0 saturated heterocycles. The number of hydrogen-bond acceptors (Lipinski definition) is 5. The molecule has 0 radical (unpaired) electrons. The lowest BCUT2D eigenvalue weighted by atomic mass is 10.1. The van der Waals surface area contributed by atoms with E-state index in [-0.39, 0.29) is 16.7 Å². The number of benzene rings is 1. The lowest BCUT2D eigenvalue weighted by Gasteiger charge is -2.18. The maximum absolute atomic E-state index is 12.9. The molecule has 1 heterocycles. The predicted octanol–water partition coefficient (Wildman–Crippen LogP) is 2.15. The fourth-order valence-electron chi connectivity index (χ4n) is 2.28. The van der Waals surface area contributed by atoms with Crippen LogP contribution in [-0.4, -0.2) is 33.3 Å². The number of rotatable bonds is 7. The van der Waals surface area contributed by atoms with Crippen molar-refractivity contribution in [3.63, 3.8) is 0 Å². The second-order valence-corrected chi connectivity index (χ2v) is 9.50. The summed E-state index contributed by atoms with van der Waals surface area (Å²) < 4.78 is 26.1. The van der Waals surface area contributed by atoms with Gasteiger partial charge in [0.15, 0.2) is 9.84 Å². The van der Waals surface area contributed by atoms with E-state index < -0.39 is 26.9 Å². The average Bonchev–Trinajstić information content (AvgIpc) is 3.16. The Balaban J connectivity index is 2.16. The van der Waals surface area contributed by atoms with Gasteiger partial charge >= 0.3 is 11.8 Å². The van der Waals surface area contributed by atoms with Gasteiger partial charge in [0.25, 0.3) is 0 Å². The van der Waals surface area contributed by atoms with Crippen molar-refractivity contribution in [1.82, 2.24) is 10.6 Å². The lowest BCUT2D eigenvalue weighted by molar-refractivity contribution is -0.139. The molecule has 140 valence electrons. The van der Waals surface area contributed by atoms with Crippen LogP contribution in [0.3, 0.4) is 0 Å². The zero-order chi connectivity index (χ0) is 19.2. The maximum atomic E-state index is 12.9. The summed E-state index contributed by atoms with van der Waals surface area (Å²) >= 11 is 1.12. The molecule has 0 spiro atoms. The summed E-state index contributed by atoms with van der Waals surface area (Å²) in [6, 6.07) is 11.9. The van der Waals surface area contributed by atoms with E-state index in [2.05, 4.69) is 10.6 Å². The van der Waals surface area contributed by atoms with Gasteiger partial charge in [-0.15, -0.1) is 11.3 Å². The number of amides is 2. The minimum atomic E-state index is -3.69. The molecule has 2 rings (SSSR count). The predicted molar refractivity (Wildman–Crippen MR) is 102 cm³/mol. The van der Waals surface area contributed by atoms with E-state index >= 15 is 0 Å². The summed E-state index contributed by atoms with van der Waals surface area (Å²) in [5.74, 6) is -1.39. The molecule has 0 unspecified atom stereocenters. The molecule has 0 aliphatic carbocycles. The van der Waals surface area contributed by atoms with Crippen molar-refractivity contribution in [2.24, 2.45) is 5.92 Å². The zero-order valence-corrected chi connectivity index (χ0v) is 16.3. The topological polar surface area (TPSA) is 92.3 Å². The molecule has 0 fully saturated rings. The Bertz CT molecular complexity index is 831. The third kappa shape index (κ3) is 5.15. The third-order valence-electron chi connectivity index (χ3n) is 3.65. The van der Waals surface area contributed by atoms with Crippen LogP contribution in [-0.2, 0) is 19.4 Å². The Morgan fingerprint density at radius 2 is 1.58 bits per heavy atom. The number of hydrogen-bond donors (Lipinski definition) is 2. The van der Waals surface area contributed by atoms with E-state index in [0.29, 0.717) is 12.1 Å². The van der Waals surface area contributed by atoms with Crippen LogP contribution in [0.1, 0.15) is 24.7 Å². The largest absolute Gasteiger partial charge is 0.348 e. The lowest BCUT2D eigenvalue weighted by Crippen LogP contribution is -2.43. The van der Waals surface area contributed by atoms with Crippen LogP contribution in [0.15, 0.2) is 52.1 Å². The van der Waals surface area contributed by atoms with Gasteiger partial charge < -0.3 is 10.6 Å². The van der Waals surface area contributed by atoms with Crippen LogP contribution < -0.4 is 10.6 Å². The summed E-state index contributed by atoms with van der Waals surface area (Å²) in [4.78, 5) is 23.8. The summed E-state index contributed by atoms with van der Waals surface area (Å²) in [6.07, 6.45) is 0. The van der Waals surface area contributed by atoms with Crippen LogP contribution in [0.25, 0.3) is 0 Å². The monoisotopic (exact) mass is 394 g/mol. The minimum Gasteiger partial charge on any atom is -0.348 e. The van der Waals surface area contributed by atoms with Gasteiger partial charge in [-0.3, -0.25) is 9.59 Å². The molecule has 26 heavy (non-hydrogen) atoms. The molecule has 2 aromatic rings. The molecule has 0 aliphatic rings. The van der Waals surface area contributed by atoms with E-state index in [1.165, 1.54) is 6.07 Å². The number of nitrogens with one attached hydrogen (secondary N) is 2. The number of thiophene rings is 1. The van der Waals surface area contributed by atoms with Crippen molar-refractivity contribution in [1.29, 1.82) is 0 Å². The highest BCUT2D eigenvalue weighted by atomic mass is 32.2. The fourth-order valence-corrected chi connectivity index (χ4v) is 5.15. The summed E-state index contributed by atoms with van der Waals surface area (Å²) in [6.45, 7) is 4.02. The molecule has 0 saturated carbocycles. The van der Waals surface area contributed by atoms with Gasteiger partial charge in [-0.05, 0) is 22.9 Å². The first-order chi connectivity index (χ1) is 12.3. The number of carbonyl (C=O) groups is 2. The van der Waals surface area contributed by atoms with Crippen LogP contribution >= 0.6 is 11.3 Å². The maximum Gasteiger partial charge on any atom is 0.309 e. The van der Waals surface area contributed by atoms with Gasteiger partial charge in [0.1, 0.15) is 9.46 Å². The standard InChI is InChI=1S/C18H22N2O4S2/c1-13(2)11-19-17(21)18(22)20-12-15(14-7-4-3-5-8-14)26(23,24)16-9-6-10-25-16/h3-10,13,15H,11-12H2,1-2H3,(H,19,21)(H,20,22)/t15-/m1/s1. The Morgan fingerprint density at radius 1 is 0.962 bits per heavy atom. The van der Waals surface area contributed by atoms with Gasteiger partial charge in [-0.2, -0.15) is 0 Å². The van der Waals surface area contributed by atoms with E-state index in [4.69, 9.17) is 0 Å². The van der Waals surface area contributed by atoms with Crippen molar-refractivity contribution in [2.45, 2.75) is 23.3 Å². The van der Waals surface area contributed by atoms with Crippen LogP contribution in [0, 0.1) is 5.92 Å². The van der Waals surface area contributed by atoms with E-state index in [0.717, 1.165) is 11.3 Å². The molecule has 2 amide bonds. The molecular formula is C18H22N2O4S2. The molecular weight excluding hydrogens is 372 g/mol. The first-order valence-corrected chi connectivity index (χ1v) is 10.6. The normalized spacial score (nSPS) is 12.6. The summed E-state index contributed by atoms with van der Waals surface area (Å²) in [5, 5.41) is 5.68. The molecule has 1 atom stereocenters. The van der Waals surface area contributed by atoms with Crippen LogP contribution in [0.5, 0.6) is 0 Å². The smallest absolute Gasteiger partial charge is 0.309 e. The van der Waals surface area contributed by atoms with Crippen molar-refractivity contribution in [2.75, 3.05) is 13.1 Å². The second kappa shape index (κ2) is 8.95. The van der Waals surface area contributed by atoms with Gasteiger partial charge in [0.05, 0.1) is 0 Å².